The van der Waals surface area contributed by atoms with Crippen LogP contribution in [-0.2, 0) is 0 Å². The molecule has 1 aromatic carbocycles. The molecule has 0 amide bonds. The van der Waals surface area contributed by atoms with Gasteiger partial charge in [0.2, 0.25) is 0 Å². The lowest BCUT2D eigenvalue weighted by Gasteiger charge is -2.56. The molecule has 0 saturated heterocycles. The fourth-order valence-electron chi connectivity index (χ4n) is 5.13. The third kappa shape index (κ3) is 1.91. The van der Waals surface area contributed by atoms with Crippen LogP contribution in [0.5, 0.6) is 5.75 Å². The fourth-order valence-corrected chi connectivity index (χ4v) is 5.13. The van der Waals surface area contributed by atoms with Gasteiger partial charge in [-0.1, -0.05) is 30.9 Å². The molecule has 19 heavy (non-hydrogen) atoms. The minimum Gasteiger partial charge on any atom is -0.487 e. The molecule has 5 rings (SSSR count). The van der Waals surface area contributed by atoms with E-state index in [2.05, 4.69) is 30.8 Å². The van der Waals surface area contributed by atoms with Crippen LogP contribution in [0, 0.1) is 17.8 Å². The first-order valence-electron chi connectivity index (χ1n) is 7.67. The number of ether oxygens (including phenoxy) is 1. The van der Waals surface area contributed by atoms with Crippen molar-refractivity contribution in [2.24, 2.45) is 17.8 Å². The van der Waals surface area contributed by atoms with Crippen LogP contribution >= 0.6 is 0 Å². The fraction of sp³-hybridized carbons (Fsp3) is 0.556. The molecule has 4 bridgehead atoms. The maximum Gasteiger partial charge on any atom is 0.127 e. The Bertz CT molecular complexity index is 467. The van der Waals surface area contributed by atoms with Gasteiger partial charge in [-0.3, -0.25) is 0 Å². The van der Waals surface area contributed by atoms with Crippen molar-refractivity contribution in [3.8, 4) is 5.75 Å². The summed E-state index contributed by atoms with van der Waals surface area (Å²) in [6.45, 7) is 3.91. The standard InChI is InChI=1S/C18H22O/c1-2-16-5-3-4-6-17(16)19-18-10-13-7-14(11-18)9-15(8-13)12-18/h2-6,13-15H,1,7-12H2. The van der Waals surface area contributed by atoms with E-state index >= 15 is 0 Å². The first-order valence-corrected chi connectivity index (χ1v) is 7.67. The van der Waals surface area contributed by atoms with Crippen molar-refractivity contribution in [1.29, 1.82) is 0 Å². The lowest BCUT2D eigenvalue weighted by atomic mass is 9.54. The number of hydrogen-bond donors (Lipinski definition) is 0. The van der Waals surface area contributed by atoms with E-state index in [0.717, 1.165) is 29.1 Å². The van der Waals surface area contributed by atoms with E-state index in [0.29, 0.717) is 0 Å². The van der Waals surface area contributed by atoms with E-state index in [1.807, 2.05) is 6.08 Å². The lowest BCUT2D eigenvalue weighted by molar-refractivity contribution is -0.107. The van der Waals surface area contributed by atoms with Crippen LogP contribution in [0.3, 0.4) is 0 Å². The zero-order valence-corrected chi connectivity index (χ0v) is 11.5. The second-order valence-electron chi connectivity index (χ2n) is 6.94. The Balaban J connectivity index is 1.64. The van der Waals surface area contributed by atoms with Gasteiger partial charge >= 0.3 is 0 Å². The van der Waals surface area contributed by atoms with Crippen molar-refractivity contribution in [2.45, 2.75) is 44.1 Å². The van der Waals surface area contributed by atoms with Crippen LogP contribution in [0.15, 0.2) is 30.8 Å². The van der Waals surface area contributed by atoms with Crippen LogP contribution in [0.25, 0.3) is 6.08 Å². The maximum absolute atomic E-state index is 6.57. The summed E-state index contributed by atoms with van der Waals surface area (Å²) in [4.78, 5) is 0. The molecule has 1 nitrogen and oxygen atoms in total. The highest BCUT2D eigenvalue weighted by atomic mass is 16.5. The van der Waals surface area contributed by atoms with Crippen LogP contribution in [0.2, 0.25) is 0 Å². The third-order valence-corrected chi connectivity index (χ3v) is 5.45. The quantitative estimate of drug-likeness (QED) is 0.761. The Kier molecular flexibility index (Phi) is 2.51. The summed E-state index contributed by atoms with van der Waals surface area (Å²) in [7, 11) is 0. The van der Waals surface area contributed by atoms with E-state index < -0.39 is 0 Å². The first-order chi connectivity index (χ1) is 9.26. The van der Waals surface area contributed by atoms with E-state index in [-0.39, 0.29) is 5.60 Å². The molecule has 1 heteroatoms. The molecule has 0 heterocycles. The van der Waals surface area contributed by atoms with Gasteiger partial charge in [0.25, 0.3) is 0 Å². The molecule has 1 aromatic rings. The minimum atomic E-state index is 0.147. The molecule has 0 spiro atoms. The number of benzene rings is 1. The summed E-state index contributed by atoms with van der Waals surface area (Å²) < 4.78 is 6.57. The van der Waals surface area contributed by atoms with Crippen LogP contribution in [-0.4, -0.2) is 5.60 Å². The first kappa shape index (κ1) is 11.6. The SMILES string of the molecule is C=Cc1ccccc1OC12CC3CC(CC(C3)C1)C2. The van der Waals surface area contributed by atoms with Crippen LogP contribution < -0.4 is 4.74 Å². The van der Waals surface area contributed by atoms with E-state index in [9.17, 15) is 0 Å². The molecular weight excluding hydrogens is 232 g/mol. The topological polar surface area (TPSA) is 9.23 Å². The molecule has 0 atom stereocenters. The lowest BCUT2D eigenvalue weighted by Crippen LogP contribution is -2.53. The summed E-state index contributed by atoms with van der Waals surface area (Å²) in [5.74, 6) is 3.84. The molecule has 0 radical (unpaired) electrons. The number of para-hydroxylation sites is 1. The van der Waals surface area contributed by atoms with Gasteiger partial charge in [0.05, 0.1) is 0 Å². The van der Waals surface area contributed by atoms with Gasteiger partial charge in [-0.25, -0.2) is 0 Å². The van der Waals surface area contributed by atoms with Crippen LogP contribution in [0.4, 0.5) is 0 Å². The van der Waals surface area contributed by atoms with Gasteiger partial charge in [0.15, 0.2) is 0 Å². The Morgan fingerprint density at radius 2 is 1.58 bits per heavy atom. The number of rotatable bonds is 3. The molecular formula is C18H22O. The van der Waals surface area contributed by atoms with Crippen molar-refractivity contribution < 1.29 is 4.74 Å². The average molecular weight is 254 g/mol. The molecule has 4 aliphatic carbocycles. The molecule has 100 valence electrons. The summed E-state index contributed by atoms with van der Waals surface area (Å²) >= 11 is 0. The van der Waals surface area contributed by atoms with Gasteiger partial charge in [0, 0.05) is 5.56 Å². The van der Waals surface area contributed by atoms with Gasteiger partial charge in [-0.2, -0.15) is 0 Å². The molecule has 0 aromatic heterocycles. The summed E-state index contributed by atoms with van der Waals surface area (Å²) in [6.07, 6.45) is 10.2. The predicted molar refractivity (Wildman–Crippen MR) is 78.1 cm³/mol. The largest absolute Gasteiger partial charge is 0.487 e. The average Bonchev–Trinajstić information content (AvgIpc) is 2.37. The maximum atomic E-state index is 6.57. The van der Waals surface area contributed by atoms with E-state index in [1.165, 1.54) is 38.5 Å². The Labute approximate surface area is 115 Å². The van der Waals surface area contributed by atoms with Crippen molar-refractivity contribution in [1.82, 2.24) is 0 Å². The van der Waals surface area contributed by atoms with Crippen LogP contribution in [0.1, 0.15) is 44.1 Å². The third-order valence-electron chi connectivity index (χ3n) is 5.45. The van der Waals surface area contributed by atoms with Gasteiger partial charge < -0.3 is 4.74 Å². The highest BCUT2D eigenvalue weighted by Gasteiger charge is 2.52. The molecule has 4 fully saturated rings. The molecule has 4 saturated carbocycles. The van der Waals surface area contributed by atoms with Gasteiger partial charge in [-0.15, -0.1) is 0 Å². The smallest absolute Gasteiger partial charge is 0.127 e. The summed E-state index contributed by atoms with van der Waals surface area (Å²) in [5, 5.41) is 0. The van der Waals surface area contributed by atoms with Crippen molar-refractivity contribution in [2.75, 3.05) is 0 Å². The Morgan fingerprint density at radius 3 is 2.16 bits per heavy atom. The summed E-state index contributed by atoms with van der Waals surface area (Å²) in [5.41, 5.74) is 1.28. The molecule has 0 unspecified atom stereocenters. The highest BCUT2D eigenvalue weighted by Crippen LogP contribution is 2.57. The van der Waals surface area contributed by atoms with Crippen molar-refractivity contribution in [3.05, 3.63) is 36.4 Å². The van der Waals surface area contributed by atoms with E-state index in [4.69, 9.17) is 4.74 Å². The monoisotopic (exact) mass is 254 g/mol. The Hall–Kier alpha value is -1.24. The Morgan fingerprint density at radius 1 is 1.00 bits per heavy atom. The molecule has 0 N–H and O–H groups in total. The summed E-state index contributed by atoms with van der Waals surface area (Å²) in [6, 6.07) is 8.34. The minimum absolute atomic E-state index is 0.147. The second-order valence-corrected chi connectivity index (χ2v) is 6.94. The second kappa shape index (κ2) is 4.13. The molecule has 0 aliphatic heterocycles. The molecule has 4 aliphatic rings. The highest BCUT2D eigenvalue weighted by molar-refractivity contribution is 5.55. The predicted octanol–water partition coefficient (Wildman–Crippen LogP) is 4.68. The zero-order chi connectivity index (χ0) is 12.9. The normalized spacial score (nSPS) is 39.3. The number of hydrogen-bond acceptors (Lipinski definition) is 1. The van der Waals surface area contributed by atoms with Crippen molar-refractivity contribution in [3.63, 3.8) is 0 Å². The van der Waals surface area contributed by atoms with E-state index in [1.54, 1.807) is 0 Å². The van der Waals surface area contributed by atoms with Crippen molar-refractivity contribution >= 4 is 6.08 Å². The van der Waals surface area contributed by atoms with Gasteiger partial charge in [0.1, 0.15) is 11.4 Å². The van der Waals surface area contributed by atoms with Gasteiger partial charge in [-0.05, 0) is 62.3 Å². The zero-order valence-electron chi connectivity index (χ0n) is 11.5.